The summed E-state index contributed by atoms with van der Waals surface area (Å²) in [6.07, 6.45) is -0.472. The molecule has 0 aliphatic rings. The topological polar surface area (TPSA) is 117 Å². The zero-order chi connectivity index (χ0) is 16.8. The summed E-state index contributed by atoms with van der Waals surface area (Å²) in [5.41, 5.74) is 7.70. The lowest BCUT2D eigenvalue weighted by atomic mass is 10.2. The van der Waals surface area contributed by atoms with Gasteiger partial charge in [-0.15, -0.1) is 0 Å². The minimum absolute atomic E-state index is 0.0220. The number of carbonyl (C=O) groups excluding carboxylic acids is 1. The summed E-state index contributed by atoms with van der Waals surface area (Å²) >= 11 is 0. The lowest BCUT2D eigenvalue weighted by Gasteiger charge is -2.27. The Hall–Kier alpha value is -1.54. The average Bonchev–Trinajstić information content (AvgIpc) is 2.42. The highest BCUT2D eigenvalue weighted by molar-refractivity contribution is 5.68. The normalized spacial score (nSPS) is 10.9. The first-order valence-electron chi connectivity index (χ1n) is 7.16. The number of aliphatic hydroxyl groups is 1. The molecule has 0 aromatic rings. The van der Waals surface area contributed by atoms with Gasteiger partial charge in [-0.25, -0.2) is 4.79 Å². The molecule has 9 nitrogen and oxygen atoms in total. The van der Waals surface area contributed by atoms with Gasteiger partial charge in [0, 0.05) is 24.5 Å². The largest absolute Gasteiger partial charge is 0.444 e. The summed E-state index contributed by atoms with van der Waals surface area (Å²) in [6, 6.07) is 0. The predicted molar refractivity (Wildman–Crippen MR) is 80.5 cm³/mol. The smallest absolute Gasteiger partial charge is 0.410 e. The second-order valence-electron chi connectivity index (χ2n) is 5.37. The third-order valence-corrected chi connectivity index (χ3v) is 2.30. The zero-order valence-electron chi connectivity index (χ0n) is 13.5. The number of hydrogen-bond donors (Lipinski definition) is 1. The molecular weight excluding hydrogens is 292 g/mol. The Bertz CT molecular complexity index is 353. The van der Waals surface area contributed by atoms with E-state index in [0.717, 1.165) is 0 Å². The van der Waals surface area contributed by atoms with Gasteiger partial charge in [-0.05, 0) is 26.3 Å². The highest BCUT2D eigenvalue weighted by atomic mass is 16.6. The lowest BCUT2D eigenvalue weighted by molar-refractivity contribution is 0.00840. The molecule has 0 heterocycles. The first-order valence-corrected chi connectivity index (χ1v) is 7.16. The highest BCUT2D eigenvalue weighted by Crippen LogP contribution is 2.09. The molecule has 0 aromatic carbocycles. The highest BCUT2D eigenvalue weighted by Gasteiger charge is 2.21. The van der Waals surface area contributed by atoms with Gasteiger partial charge < -0.3 is 24.2 Å². The van der Waals surface area contributed by atoms with Crippen molar-refractivity contribution in [3.8, 4) is 0 Å². The molecule has 0 rings (SSSR count). The fourth-order valence-corrected chi connectivity index (χ4v) is 1.39. The van der Waals surface area contributed by atoms with Gasteiger partial charge in [0.15, 0.2) is 0 Å². The van der Waals surface area contributed by atoms with Gasteiger partial charge in [-0.1, -0.05) is 5.11 Å². The third-order valence-electron chi connectivity index (χ3n) is 2.30. The van der Waals surface area contributed by atoms with Crippen LogP contribution in [-0.4, -0.2) is 74.4 Å². The minimum Gasteiger partial charge on any atom is -0.444 e. The van der Waals surface area contributed by atoms with Crippen LogP contribution in [0, 0.1) is 0 Å². The number of ether oxygens (including phenoxy) is 3. The van der Waals surface area contributed by atoms with Crippen LogP contribution in [0.4, 0.5) is 4.79 Å². The van der Waals surface area contributed by atoms with E-state index in [0.29, 0.717) is 26.4 Å². The Balaban J connectivity index is 4.12. The summed E-state index contributed by atoms with van der Waals surface area (Å²) in [5.74, 6) is 0. The number of aliphatic hydroxyl groups excluding tert-OH is 1. The van der Waals surface area contributed by atoms with Crippen LogP contribution in [0.2, 0.25) is 0 Å². The second-order valence-corrected chi connectivity index (χ2v) is 5.37. The second kappa shape index (κ2) is 12.0. The van der Waals surface area contributed by atoms with Crippen molar-refractivity contribution in [3.63, 3.8) is 0 Å². The predicted octanol–water partition coefficient (Wildman–Crippen LogP) is 1.56. The van der Waals surface area contributed by atoms with Crippen molar-refractivity contribution in [2.24, 2.45) is 5.11 Å². The number of amides is 1. The molecule has 1 N–H and O–H groups in total. The van der Waals surface area contributed by atoms with Crippen LogP contribution in [0.5, 0.6) is 0 Å². The van der Waals surface area contributed by atoms with Gasteiger partial charge in [-0.2, -0.15) is 0 Å². The van der Waals surface area contributed by atoms with Crippen molar-refractivity contribution in [1.82, 2.24) is 4.90 Å². The van der Waals surface area contributed by atoms with Gasteiger partial charge in [0.2, 0.25) is 0 Å². The summed E-state index contributed by atoms with van der Waals surface area (Å²) in [4.78, 5) is 16.1. The molecular formula is C13H26N4O5. The maximum atomic E-state index is 12.0. The van der Waals surface area contributed by atoms with E-state index in [1.807, 2.05) is 0 Å². The maximum absolute atomic E-state index is 12.0. The molecule has 0 aromatic heterocycles. The van der Waals surface area contributed by atoms with Crippen molar-refractivity contribution in [3.05, 3.63) is 10.4 Å². The van der Waals surface area contributed by atoms with Crippen LogP contribution < -0.4 is 0 Å². The van der Waals surface area contributed by atoms with Crippen molar-refractivity contribution >= 4 is 6.09 Å². The molecule has 0 aliphatic carbocycles. The van der Waals surface area contributed by atoms with E-state index in [1.54, 1.807) is 20.8 Å². The Morgan fingerprint density at radius 2 is 1.82 bits per heavy atom. The molecule has 0 saturated heterocycles. The molecule has 0 radical (unpaired) electrons. The number of nitrogens with zero attached hydrogens (tertiary/aromatic N) is 4. The lowest BCUT2D eigenvalue weighted by Crippen LogP contribution is -2.40. The molecule has 0 fully saturated rings. The standard InChI is InChI=1S/C13H26N4O5/c1-13(2,3)22-12(19)17(5-4-15-16-14)6-8-20-10-11-21-9-7-18/h18H,4-11H2,1-3H3. The molecule has 128 valence electrons. The van der Waals surface area contributed by atoms with E-state index < -0.39 is 11.7 Å². The molecule has 0 spiro atoms. The van der Waals surface area contributed by atoms with Crippen molar-refractivity contribution in [1.29, 1.82) is 0 Å². The van der Waals surface area contributed by atoms with Crippen molar-refractivity contribution in [2.75, 3.05) is 52.7 Å². The van der Waals surface area contributed by atoms with Gasteiger partial charge in [-0.3, -0.25) is 0 Å². The molecule has 9 heteroatoms. The summed E-state index contributed by atoms with van der Waals surface area (Å²) < 4.78 is 15.7. The van der Waals surface area contributed by atoms with E-state index in [4.69, 9.17) is 24.8 Å². The Labute approximate surface area is 130 Å². The number of carbonyl (C=O) groups is 1. The van der Waals surface area contributed by atoms with Gasteiger partial charge in [0.1, 0.15) is 5.60 Å². The molecule has 0 unspecified atom stereocenters. The molecule has 0 saturated carbocycles. The van der Waals surface area contributed by atoms with E-state index in [2.05, 4.69) is 10.0 Å². The van der Waals surface area contributed by atoms with Gasteiger partial charge in [0.25, 0.3) is 0 Å². The van der Waals surface area contributed by atoms with E-state index >= 15 is 0 Å². The van der Waals surface area contributed by atoms with Crippen molar-refractivity contribution < 1.29 is 24.1 Å². The minimum atomic E-state index is -0.590. The number of rotatable bonds is 11. The van der Waals surface area contributed by atoms with E-state index in [9.17, 15) is 4.79 Å². The fourth-order valence-electron chi connectivity index (χ4n) is 1.39. The van der Waals surface area contributed by atoms with Crippen LogP contribution in [0.1, 0.15) is 20.8 Å². The monoisotopic (exact) mass is 318 g/mol. The summed E-state index contributed by atoms with van der Waals surface area (Å²) in [5, 5.41) is 12.0. The fraction of sp³-hybridized carbons (Fsp3) is 0.923. The Kier molecular flexibility index (Phi) is 11.2. The summed E-state index contributed by atoms with van der Waals surface area (Å²) in [6.45, 7) is 7.45. The first kappa shape index (κ1) is 20.5. The number of azide groups is 1. The van der Waals surface area contributed by atoms with Crippen LogP contribution in [0.15, 0.2) is 5.11 Å². The van der Waals surface area contributed by atoms with E-state index in [-0.39, 0.29) is 26.3 Å². The molecule has 1 amide bonds. The summed E-state index contributed by atoms with van der Waals surface area (Å²) in [7, 11) is 0. The first-order chi connectivity index (χ1) is 10.4. The maximum Gasteiger partial charge on any atom is 0.410 e. The van der Waals surface area contributed by atoms with Crippen LogP contribution >= 0.6 is 0 Å². The molecule has 22 heavy (non-hydrogen) atoms. The zero-order valence-corrected chi connectivity index (χ0v) is 13.5. The Morgan fingerprint density at radius 3 is 2.36 bits per heavy atom. The van der Waals surface area contributed by atoms with Crippen LogP contribution in [0.25, 0.3) is 10.4 Å². The third kappa shape index (κ3) is 12.2. The molecule has 0 bridgehead atoms. The Morgan fingerprint density at radius 1 is 1.18 bits per heavy atom. The average molecular weight is 318 g/mol. The molecule has 0 atom stereocenters. The quantitative estimate of drug-likeness (QED) is 0.268. The number of hydrogen-bond acceptors (Lipinski definition) is 6. The van der Waals surface area contributed by atoms with E-state index in [1.165, 1.54) is 4.90 Å². The van der Waals surface area contributed by atoms with Crippen LogP contribution in [0.3, 0.4) is 0 Å². The van der Waals surface area contributed by atoms with Crippen molar-refractivity contribution in [2.45, 2.75) is 26.4 Å². The van der Waals surface area contributed by atoms with Crippen LogP contribution in [-0.2, 0) is 14.2 Å². The SMILES string of the molecule is CC(C)(C)OC(=O)N(CCN=[N+]=[N-])CCOCCOCCO. The van der Waals surface area contributed by atoms with Gasteiger partial charge in [0.05, 0.1) is 33.0 Å². The van der Waals surface area contributed by atoms with Gasteiger partial charge >= 0.3 is 6.09 Å². The molecule has 0 aliphatic heterocycles.